The maximum Gasteiger partial charge on any atom is 0.296 e. The van der Waals surface area contributed by atoms with E-state index in [1.54, 1.807) is 31.4 Å². The zero-order valence-electron chi connectivity index (χ0n) is 18.8. The van der Waals surface area contributed by atoms with Crippen molar-refractivity contribution in [2.75, 3.05) is 31.0 Å². The second-order valence-corrected chi connectivity index (χ2v) is 8.08. The summed E-state index contributed by atoms with van der Waals surface area (Å²) in [5.41, 5.74) is 2.76. The van der Waals surface area contributed by atoms with E-state index in [2.05, 4.69) is 9.97 Å². The zero-order valence-corrected chi connectivity index (χ0v) is 18.8. The van der Waals surface area contributed by atoms with E-state index in [4.69, 9.17) is 9.15 Å². The smallest absolute Gasteiger partial charge is 0.296 e. The van der Waals surface area contributed by atoms with Gasteiger partial charge in [-0.15, -0.1) is 0 Å². The van der Waals surface area contributed by atoms with Crippen molar-refractivity contribution in [2.45, 2.75) is 6.04 Å². The zero-order chi connectivity index (χ0) is 24.0. The highest BCUT2D eigenvalue weighted by Gasteiger charge is 2.46. The molecule has 2 aromatic carbocycles. The molecule has 0 spiro atoms. The Hall–Kier alpha value is -4.53. The molecule has 1 unspecified atom stereocenters. The number of benzene rings is 2. The molecule has 9 nitrogen and oxygen atoms in total. The highest BCUT2D eigenvalue weighted by molar-refractivity contribution is 6.20. The average molecular weight is 458 g/mol. The van der Waals surface area contributed by atoms with Crippen LogP contribution in [0.15, 0.2) is 76.6 Å². The molecule has 0 aliphatic carbocycles. The second-order valence-electron chi connectivity index (χ2n) is 8.08. The molecule has 4 aromatic rings. The van der Waals surface area contributed by atoms with Crippen LogP contribution >= 0.6 is 0 Å². The van der Waals surface area contributed by atoms with Crippen molar-refractivity contribution < 1.29 is 23.8 Å². The van der Waals surface area contributed by atoms with Gasteiger partial charge in [-0.05, 0) is 42.0 Å². The molecule has 0 fully saturated rings. The summed E-state index contributed by atoms with van der Waals surface area (Å²) in [5, 5.41) is 10.8. The van der Waals surface area contributed by atoms with Crippen LogP contribution < -0.4 is 14.5 Å². The minimum absolute atomic E-state index is 0.0282. The Morgan fingerprint density at radius 1 is 1.18 bits per heavy atom. The van der Waals surface area contributed by atoms with Crippen LogP contribution in [0.2, 0.25) is 0 Å². The Morgan fingerprint density at radius 2 is 1.94 bits per heavy atom. The van der Waals surface area contributed by atoms with Crippen molar-refractivity contribution in [3.05, 3.63) is 83.5 Å². The van der Waals surface area contributed by atoms with E-state index in [-0.39, 0.29) is 17.3 Å². The normalized spacial score (nSPS) is 15.9. The summed E-state index contributed by atoms with van der Waals surface area (Å²) >= 11 is 0. The fourth-order valence-electron chi connectivity index (χ4n) is 4.08. The van der Waals surface area contributed by atoms with E-state index in [9.17, 15) is 14.7 Å². The molecule has 1 atom stereocenters. The number of ketones is 1. The molecule has 172 valence electrons. The lowest BCUT2D eigenvalue weighted by Crippen LogP contribution is -2.32. The first-order valence-electron chi connectivity index (χ1n) is 10.5. The maximum atomic E-state index is 13.3. The van der Waals surface area contributed by atoms with Gasteiger partial charge in [-0.3, -0.25) is 14.5 Å². The van der Waals surface area contributed by atoms with Gasteiger partial charge in [-0.1, -0.05) is 12.1 Å². The molecule has 2 N–H and O–H groups in total. The number of aliphatic hydroxyl groups is 1. The Morgan fingerprint density at radius 3 is 2.59 bits per heavy atom. The predicted molar refractivity (Wildman–Crippen MR) is 126 cm³/mol. The molecule has 2 aromatic heterocycles. The number of aliphatic hydroxyl groups excluding tert-OH is 1. The third kappa shape index (κ3) is 3.38. The van der Waals surface area contributed by atoms with Crippen LogP contribution in [-0.4, -0.2) is 48.0 Å². The van der Waals surface area contributed by atoms with E-state index in [1.807, 2.05) is 43.3 Å². The minimum Gasteiger partial charge on any atom is -0.503 e. The first kappa shape index (κ1) is 21.3. The number of H-pyrrole nitrogens is 1. The Kier molecular flexibility index (Phi) is 5.09. The third-order valence-corrected chi connectivity index (χ3v) is 5.83. The quantitative estimate of drug-likeness (QED) is 0.420. The van der Waals surface area contributed by atoms with Gasteiger partial charge in [0.25, 0.3) is 5.91 Å². The molecular formula is C25H22N4O5. The van der Waals surface area contributed by atoms with Gasteiger partial charge in [0.15, 0.2) is 11.5 Å². The molecule has 3 heterocycles. The highest BCUT2D eigenvalue weighted by atomic mass is 16.5. The number of aromatic nitrogens is 2. The Labute approximate surface area is 194 Å². The monoisotopic (exact) mass is 458 g/mol. The number of Topliss-reactive ketones (excluding diaryl/α,β-unsaturated/α-hetero) is 1. The number of nitrogens with zero attached hydrogens (tertiary/aromatic N) is 3. The molecule has 34 heavy (non-hydrogen) atoms. The molecule has 1 aliphatic rings. The van der Waals surface area contributed by atoms with Crippen molar-refractivity contribution in [1.82, 2.24) is 9.97 Å². The van der Waals surface area contributed by atoms with E-state index in [0.29, 0.717) is 22.3 Å². The number of methoxy groups -OCH3 is 1. The number of fused-ring (bicyclic) bond motifs is 1. The van der Waals surface area contributed by atoms with Crippen LogP contribution in [0, 0.1) is 0 Å². The molecule has 1 aliphatic heterocycles. The number of aromatic amines is 1. The van der Waals surface area contributed by atoms with Crippen molar-refractivity contribution >= 4 is 34.4 Å². The Balaban J connectivity index is 1.66. The lowest BCUT2D eigenvalue weighted by Gasteiger charge is -2.25. The van der Waals surface area contributed by atoms with Crippen LogP contribution in [-0.2, 0) is 4.79 Å². The van der Waals surface area contributed by atoms with Gasteiger partial charge in [-0.25, -0.2) is 4.98 Å². The summed E-state index contributed by atoms with van der Waals surface area (Å²) < 4.78 is 10.5. The van der Waals surface area contributed by atoms with Gasteiger partial charge in [-0.2, -0.15) is 0 Å². The summed E-state index contributed by atoms with van der Waals surface area (Å²) in [6.45, 7) is 0. The van der Waals surface area contributed by atoms with E-state index >= 15 is 0 Å². The van der Waals surface area contributed by atoms with Crippen molar-refractivity contribution in [3.63, 3.8) is 0 Å². The first-order valence-corrected chi connectivity index (χ1v) is 10.5. The van der Waals surface area contributed by atoms with Gasteiger partial charge in [0.1, 0.15) is 5.75 Å². The topological polar surface area (TPSA) is 112 Å². The summed E-state index contributed by atoms with van der Waals surface area (Å²) in [4.78, 5) is 37.5. The van der Waals surface area contributed by atoms with Crippen LogP contribution in [0.25, 0.3) is 11.0 Å². The largest absolute Gasteiger partial charge is 0.503 e. The lowest BCUT2D eigenvalue weighted by molar-refractivity contribution is -0.117. The van der Waals surface area contributed by atoms with E-state index in [1.165, 1.54) is 17.2 Å². The molecule has 0 saturated carbocycles. The summed E-state index contributed by atoms with van der Waals surface area (Å²) in [6.07, 6.45) is 1.37. The summed E-state index contributed by atoms with van der Waals surface area (Å²) in [7, 11) is 5.39. The number of nitrogens with one attached hydrogen (secondary N) is 1. The number of amides is 1. The first-order chi connectivity index (χ1) is 16.4. The SMILES string of the molecule is COc1ccc2nc(N3C(=O)C(O)=C(C(=O)c4ccco4)C3c3ccc(N(C)C)cc3)[nH]c2c1. The number of carbonyl (C=O) groups is 2. The van der Waals surface area contributed by atoms with Gasteiger partial charge >= 0.3 is 0 Å². The molecule has 0 bridgehead atoms. The van der Waals surface area contributed by atoms with Crippen LogP contribution in [0.1, 0.15) is 22.2 Å². The molecule has 0 saturated heterocycles. The number of ether oxygens (including phenoxy) is 1. The predicted octanol–water partition coefficient (Wildman–Crippen LogP) is 4.01. The van der Waals surface area contributed by atoms with Gasteiger partial charge < -0.3 is 24.1 Å². The van der Waals surface area contributed by atoms with Crippen molar-refractivity contribution in [1.29, 1.82) is 0 Å². The molecule has 5 rings (SSSR count). The highest BCUT2D eigenvalue weighted by Crippen LogP contribution is 2.42. The molecule has 9 heteroatoms. The second kappa shape index (κ2) is 8.11. The molecule has 1 amide bonds. The van der Waals surface area contributed by atoms with E-state index in [0.717, 1.165) is 5.69 Å². The third-order valence-electron chi connectivity index (χ3n) is 5.83. The van der Waals surface area contributed by atoms with E-state index < -0.39 is 23.5 Å². The van der Waals surface area contributed by atoms with Crippen LogP contribution in [0.5, 0.6) is 5.75 Å². The van der Waals surface area contributed by atoms with Gasteiger partial charge in [0, 0.05) is 25.8 Å². The number of imidazole rings is 1. The fraction of sp³-hybridized carbons (Fsp3) is 0.160. The summed E-state index contributed by atoms with van der Waals surface area (Å²) in [6, 6.07) is 14.8. The van der Waals surface area contributed by atoms with Crippen molar-refractivity contribution in [2.24, 2.45) is 0 Å². The number of furan rings is 1. The number of carbonyl (C=O) groups excluding carboxylic acids is 2. The minimum atomic E-state index is -0.913. The number of hydrogen-bond acceptors (Lipinski definition) is 7. The molecule has 0 radical (unpaired) electrons. The average Bonchev–Trinajstić information content (AvgIpc) is 3.57. The standard InChI is InChI=1S/C25H22N4O5/c1-28(2)15-8-6-14(7-9-15)21-20(22(30)19-5-4-12-34-19)23(31)24(32)29(21)25-26-17-11-10-16(33-3)13-18(17)27-25/h4-13,21,31H,1-3H3,(H,26,27). The maximum absolute atomic E-state index is 13.3. The molecular weight excluding hydrogens is 436 g/mol. The number of hydrogen-bond donors (Lipinski definition) is 2. The van der Waals surface area contributed by atoms with Gasteiger partial charge in [0.05, 0.1) is 36.0 Å². The Bertz CT molecular complexity index is 1420. The lowest BCUT2D eigenvalue weighted by atomic mass is 9.95. The fourth-order valence-corrected chi connectivity index (χ4v) is 4.08. The van der Waals surface area contributed by atoms with Gasteiger partial charge in [0.2, 0.25) is 11.7 Å². The summed E-state index contributed by atoms with van der Waals surface area (Å²) in [5.74, 6) is -1.09. The van der Waals surface area contributed by atoms with Crippen LogP contribution in [0.3, 0.4) is 0 Å². The van der Waals surface area contributed by atoms with Crippen LogP contribution in [0.4, 0.5) is 11.6 Å². The number of anilines is 2. The van der Waals surface area contributed by atoms with Crippen molar-refractivity contribution in [3.8, 4) is 5.75 Å². The number of rotatable bonds is 6.